The number of nitrogens with one attached hydrogen (secondary N) is 1. The largest absolute Gasteiger partial charge is 0.497 e. The van der Waals surface area contributed by atoms with E-state index in [-0.39, 0.29) is 36.7 Å². The number of nitrogens with zero attached hydrogens (tertiary/aromatic N) is 4. The lowest BCUT2D eigenvalue weighted by Crippen LogP contribution is -2.39. The van der Waals surface area contributed by atoms with Crippen LogP contribution in [0.25, 0.3) is 5.69 Å². The first-order valence-corrected chi connectivity index (χ1v) is 14.2. The van der Waals surface area contributed by atoms with Crippen molar-refractivity contribution in [2.24, 2.45) is 0 Å². The van der Waals surface area contributed by atoms with Crippen LogP contribution in [0.15, 0.2) is 48.5 Å². The van der Waals surface area contributed by atoms with Crippen molar-refractivity contribution >= 4 is 29.2 Å². The van der Waals surface area contributed by atoms with Crippen molar-refractivity contribution in [1.82, 2.24) is 15.1 Å². The van der Waals surface area contributed by atoms with Gasteiger partial charge in [-0.05, 0) is 67.8 Å². The first kappa shape index (κ1) is 34.3. The number of methoxy groups -OCH3 is 1. The molecule has 248 valence electrons. The fourth-order valence-electron chi connectivity index (χ4n) is 5.22. The van der Waals surface area contributed by atoms with Gasteiger partial charge in [0, 0.05) is 36.6 Å². The molecule has 0 atom stereocenters. The van der Waals surface area contributed by atoms with Crippen LogP contribution in [-0.2, 0) is 22.2 Å². The highest BCUT2D eigenvalue weighted by atomic mass is 19.4. The molecule has 0 spiro atoms. The predicted octanol–water partition coefficient (Wildman–Crippen LogP) is 5.23. The molecule has 5 rings (SSSR count). The fraction of sp³-hybridized carbons (Fsp3) is 0.400. The van der Waals surface area contributed by atoms with Crippen molar-refractivity contribution in [3.05, 3.63) is 65.5 Å². The molecule has 1 fully saturated rings. The third-order valence-electron chi connectivity index (χ3n) is 7.66. The van der Waals surface area contributed by atoms with Crippen LogP contribution in [0.3, 0.4) is 0 Å². The molecule has 1 saturated carbocycles. The van der Waals surface area contributed by atoms with Gasteiger partial charge in [-0.25, -0.2) is 9.48 Å². The monoisotopic (exact) mass is 655 g/mol. The van der Waals surface area contributed by atoms with Crippen LogP contribution >= 0.6 is 0 Å². The van der Waals surface area contributed by atoms with E-state index in [0.29, 0.717) is 28.9 Å². The SMILES string of the molecule is COc1ccc(-n2nc(C(F)(F)F)c3c2C(=O)N(c2ccc(N(C)C(=O)CNC4CCCC4)cc2)CC3)cc1.O=C(O)C(F)(F)F. The van der Waals surface area contributed by atoms with Gasteiger partial charge in [-0.15, -0.1) is 0 Å². The normalized spacial score (nSPS) is 15.2. The van der Waals surface area contributed by atoms with Crippen molar-refractivity contribution in [2.75, 3.05) is 37.0 Å². The molecule has 1 aliphatic carbocycles. The van der Waals surface area contributed by atoms with Crippen LogP contribution in [0, 0.1) is 0 Å². The minimum atomic E-state index is -5.08. The Bertz CT molecular complexity index is 1550. The van der Waals surface area contributed by atoms with Gasteiger partial charge in [0.05, 0.1) is 19.3 Å². The maximum Gasteiger partial charge on any atom is 0.490 e. The molecule has 16 heteroatoms. The number of carboxylic acids is 1. The highest BCUT2D eigenvalue weighted by molar-refractivity contribution is 6.08. The Balaban J connectivity index is 0.000000617. The molecule has 0 saturated heterocycles. The highest BCUT2D eigenvalue weighted by Gasteiger charge is 2.43. The summed E-state index contributed by atoms with van der Waals surface area (Å²) >= 11 is 0. The average molecular weight is 656 g/mol. The smallest absolute Gasteiger partial charge is 0.490 e. The van der Waals surface area contributed by atoms with E-state index in [1.165, 1.54) is 24.9 Å². The van der Waals surface area contributed by atoms with E-state index in [1.807, 2.05) is 0 Å². The lowest BCUT2D eigenvalue weighted by Gasteiger charge is -2.28. The topological polar surface area (TPSA) is 117 Å². The average Bonchev–Trinajstić information content (AvgIpc) is 3.68. The number of aromatic nitrogens is 2. The number of amides is 2. The number of benzene rings is 2. The Labute approximate surface area is 259 Å². The minimum absolute atomic E-state index is 0.000945. The molecule has 0 bridgehead atoms. The molecular weight excluding hydrogens is 624 g/mol. The number of ether oxygens (including phenoxy) is 1. The van der Waals surface area contributed by atoms with E-state index in [4.69, 9.17) is 14.6 Å². The highest BCUT2D eigenvalue weighted by Crippen LogP contribution is 2.37. The Kier molecular flexibility index (Phi) is 10.3. The van der Waals surface area contributed by atoms with Gasteiger partial charge in [0.25, 0.3) is 5.91 Å². The molecule has 2 aliphatic rings. The molecule has 3 aromatic rings. The Morgan fingerprint density at radius 3 is 2.09 bits per heavy atom. The van der Waals surface area contributed by atoms with Crippen LogP contribution < -0.4 is 19.9 Å². The molecule has 2 N–H and O–H groups in total. The van der Waals surface area contributed by atoms with Crippen LogP contribution in [-0.4, -0.2) is 72.1 Å². The summed E-state index contributed by atoms with van der Waals surface area (Å²) in [4.78, 5) is 38.2. The first-order valence-electron chi connectivity index (χ1n) is 14.2. The molecule has 0 unspecified atom stereocenters. The summed E-state index contributed by atoms with van der Waals surface area (Å²) in [5, 5.41) is 14.3. The van der Waals surface area contributed by atoms with E-state index >= 15 is 0 Å². The minimum Gasteiger partial charge on any atom is -0.497 e. The summed E-state index contributed by atoms with van der Waals surface area (Å²) in [6.45, 7) is 0.315. The second-order valence-corrected chi connectivity index (χ2v) is 10.6. The van der Waals surface area contributed by atoms with Crippen molar-refractivity contribution in [1.29, 1.82) is 0 Å². The van der Waals surface area contributed by atoms with Crippen molar-refractivity contribution < 1.29 is 50.6 Å². The van der Waals surface area contributed by atoms with Gasteiger partial charge in [-0.3, -0.25) is 9.59 Å². The van der Waals surface area contributed by atoms with Gasteiger partial charge in [-0.2, -0.15) is 31.4 Å². The first-order chi connectivity index (χ1) is 21.6. The third-order valence-corrected chi connectivity index (χ3v) is 7.66. The van der Waals surface area contributed by atoms with Gasteiger partial charge in [-0.1, -0.05) is 12.8 Å². The molecule has 2 aromatic carbocycles. The lowest BCUT2D eigenvalue weighted by molar-refractivity contribution is -0.192. The summed E-state index contributed by atoms with van der Waals surface area (Å²) in [6, 6.07) is 13.5. The molecule has 1 aliphatic heterocycles. The van der Waals surface area contributed by atoms with Gasteiger partial charge < -0.3 is 25.0 Å². The Morgan fingerprint density at radius 1 is 1.00 bits per heavy atom. The number of hydrogen-bond acceptors (Lipinski definition) is 6. The Morgan fingerprint density at radius 2 is 1.57 bits per heavy atom. The molecule has 0 radical (unpaired) electrons. The number of rotatable bonds is 7. The number of likely N-dealkylation sites (N-methyl/N-ethyl adjacent to an activating group) is 1. The van der Waals surface area contributed by atoms with Gasteiger partial charge in [0.1, 0.15) is 11.4 Å². The molecular formula is C30H31F6N5O5. The number of anilines is 2. The van der Waals surface area contributed by atoms with Crippen LogP contribution in [0.2, 0.25) is 0 Å². The lowest BCUT2D eigenvalue weighted by atomic mass is 10.0. The zero-order valence-electron chi connectivity index (χ0n) is 24.8. The maximum atomic E-state index is 13.8. The van der Waals surface area contributed by atoms with Gasteiger partial charge in [0.15, 0.2) is 5.69 Å². The zero-order valence-corrected chi connectivity index (χ0v) is 24.8. The summed E-state index contributed by atoms with van der Waals surface area (Å²) in [5.74, 6) is -2.88. The van der Waals surface area contributed by atoms with E-state index in [9.17, 15) is 35.9 Å². The molecule has 2 amide bonds. The van der Waals surface area contributed by atoms with E-state index in [0.717, 1.165) is 17.5 Å². The number of carboxylic acid groups (broad SMARTS) is 1. The number of fused-ring (bicyclic) bond motifs is 1. The second kappa shape index (κ2) is 13.8. The number of alkyl halides is 6. The number of aliphatic carboxylic acids is 1. The summed E-state index contributed by atoms with van der Waals surface area (Å²) < 4.78 is 79.5. The predicted molar refractivity (Wildman–Crippen MR) is 154 cm³/mol. The second-order valence-electron chi connectivity index (χ2n) is 10.6. The molecule has 1 aromatic heterocycles. The fourth-order valence-corrected chi connectivity index (χ4v) is 5.22. The zero-order chi connectivity index (χ0) is 33.8. The number of hydrogen-bond donors (Lipinski definition) is 2. The van der Waals surface area contributed by atoms with E-state index in [2.05, 4.69) is 10.4 Å². The van der Waals surface area contributed by atoms with Gasteiger partial charge in [0.2, 0.25) is 5.91 Å². The number of carbonyl (C=O) groups is 3. The molecule has 10 nitrogen and oxygen atoms in total. The van der Waals surface area contributed by atoms with Crippen LogP contribution in [0.5, 0.6) is 5.75 Å². The number of carbonyl (C=O) groups excluding carboxylic acids is 2. The summed E-state index contributed by atoms with van der Waals surface area (Å²) in [6.07, 6.45) is -5.26. The quantitative estimate of drug-likeness (QED) is 0.335. The van der Waals surface area contributed by atoms with Crippen molar-refractivity contribution in [3.8, 4) is 11.4 Å². The van der Waals surface area contributed by atoms with Crippen molar-refractivity contribution in [3.63, 3.8) is 0 Å². The van der Waals surface area contributed by atoms with E-state index in [1.54, 1.807) is 60.5 Å². The van der Waals surface area contributed by atoms with Gasteiger partial charge >= 0.3 is 18.3 Å². The Hall–Kier alpha value is -4.60. The number of halogens is 6. The summed E-state index contributed by atoms with van der Waals surface area (Å²) in [5.41, 5.74) is 0.215. The molecule has 46 heavy (non-hydrogen) atoms. The molecule has 2 heterocycles. The summed E-state index contributed by atoms with van der Waals surface area (Å²) in [7, 11) is 3.18. The standard InChI is InChI=1S/C28H30F3N5O3.C2HF3O2/c1-34(24(37)17-32-18-5-3-4-6-18)19-7-9-20(10-8-19)35-16-15-23-25(27(35)38)36(33-26(23)28(29,30)31)21-11-13-22(39-2)14-12-21;3-2(4,5)1(6)7/h7-14,18,32H,3-6,15-17H2,1-2H3;(H,6,7). The van der Waals surface area contributed by atoms with Crippen molar-refractivity contribution in [2.45, 2.75) is 50.5 Å². The van der Waals surface area contributed by atoms with E-state index < -0.39 is 29.9 Å². The maximum absolute atomic E-state index is 13.8. The van der Waals surface area contributed by atoms with Crippen LogP contribution in [0.1, 0.15) is 47.4 Å². The van der Waals surface area contributed by atoms with Crippen LogP contribution in [0.4, 0.5) is 37.7 Å². The third kappa shape index (κ3) is 7.78.